The Kier molecular flexibility index (Phi) is 6.26. The van der Waals surface area contributed by atoms with E-state index in [1.807, 2.05) is 18.2 Å². The van der Waals surface area contributed by atoms with E-state index in [0.29, 0.717) is 51.5 Å². The number of ether oxygens (including phenoxy) is 2. The fraction of sp³-hybridized carbons (Fsp3) is 0.179. The Balaban J connectivity index is 1.54. The van der Waals surface area contributed by atoms with Gasteiger partial charge in [0, 0.05) is 5.56 Å². The van der Waals surface area contributed by atoms with Crippen molar-refractivity contribution in [2.45, 2.75) is 19.4 Å². The molecule has 38 heavy (non-hydrogen) atoms. The zero-order valence-electron chi connectivity index (χ0n) is 20.0. The molecule has 0 saturated carbocycles. The molecule has 1 saturated heterocycles. The standard InChI is InChI=1S/C28H20Cl2N2O5S/c1-2-14-3-7-19-22(11-14)38-28(31-19)32-24(15-4-6-17(29)18(30)12-15)23(26(34)27(32)35)25(33)16-5-8-20-21(13-16)37-10-9-36-20/h3-8,11-13,24,33H,2,9-10H2,1H3/b25-23+. The molecule has 1 aromatic heterocycles. The van der Waals surface area contributed by atoms with Gasteiger partial charge in [0.15, 0.2) is 16.6 Å². The van der Waals surface area contributed by atoms with Gasteiger partial charge in [-0.25, -0.2) is 4.98 Å². The van der Waals surface area contributed by atoms with Crippen LogP contribution in [0.2, 0.25) is 10.0 Å². The fourth-order valence-corrected chi connectivity index (χ4v) is 6.02. The van der Waals surface area contributed by atoms with Crippen molar-refractivity contribution in [2.24, 2.45) is 0 Å². The van der Waals surface area contributed by atoms with Gasteiger partial charge in [0.05, 0.1) is 31.9 Å². The number of thiazole rings is 1. The van der Waals surface area contributed by atoms with Crippen LogP contribution in [0.15, 0.2) is 60.2 Å². The van der Waals surface area contributed by atoms with Crippen LogP contribution in [-0.2, 0) is 16.0 Å². The minimum atomic E-state index is -0.982. The third kappa shape index (κ3) is 4.09. The minimum absolute atomic E-state index is 0.0847. The first-order valence-corrected chi connectivity index (χ1v) is 13.5. The largest absolute Gasteiger partial charge is 0.507 e. The molecule has 3 heterocycles. The maximum absolute atomic E-state index is 13.5. The van der Waals surface area contributed by atoms with Crippen LogP contribution in [0.3, 0.4) is 0 Å². The van der Waals surface area contributed by atoms with Crippen LogP contribution in [0.1, 0.15) is 29.7 Å². The molecule has 2 aliphatic heterocycles. The maximum atomic E-state index is 13.5. The van der Waals surface area contributed by atoms with E-state index in [-0.39, 0.29) is 16.4 Å². The summed E-state index contributed by atoms with van der Waals surface area (Å²) in [4.78, 5) is 33.0. The molecule has 3 aromatic carbocycles. The van der Waals surface area contributed by atoms with Crippen LogP contribution >= 0.6 is 34.5 Å². The summed E-state index contributed by atoms with van der Waals surface area (Å²) >= 11 is 13.8. The number of hydrogen-bond acceptors (Lipinski definition) is 7. The number of carbonyl (C=O) groups is 2. The lowest BCUT2D eigenvalue weighted by Crippen LogP contribution is -2.29. The third-order valence-corrected chi connectivity index (χ3v) is 8.33. The summed E-state index contributed by atoms with van der Waals surface area (Å²) in [5, 5.41) is 12.4. The number of fused-ring (bicyclic) bond motifs is 2. The predicted octanol–water partition coefficient (Wildman–Crippen LogP) is 6.56. The number of carbonyl (C=O) groups excluding carboxylic acids is 2. The number of aliphatic hydroxyl groups is 1. The summed E-state index contributed by atoms with van der Waals surface area (Å²) < 4.78 is 12.1. The van der Waals surface area contributed by atoms with E-state index in [4.69, 9.17) is 32.7 Å². The zero-order chi connectivity index (χ0) is 26.6. The lowest BCUT2D eigenvalue weighted by atomic mass is 9.95. The summed E-state index contributed by atoms with van der Waals surface area (Å²) in [6.45, 7) is 2.84. The van der Waals surface area contributed by atoms with Crippen LogP contribution in [-0.4, -0.2) is 35.0 Å². The van der Waals surface area contributed by atoms with Crippen molar-refractivity contribution in [3.8, 4) is 11.5 Å². The second kappa shape index (κ2) is 9.62. The molecule has 0 spiro atoms. The molecule has 1 amide bonds. The van der Waals surface area contributed by atoms with E-state index in [9.17, 15) is 14.7 Å². The highest BCUT2D eigenvalue weighted by Gasteiger charge is 2.48. The van der Waals surface area contributed by atoms with E-state index in [0.717, 1.165) is 16.7 Å². The molecule has 4 aromatic rings. The zero-order valence-corrected chi connectivity index (χ0v) is 22.4. The number of benzene rings is 3. The van der Waals surface area contributed by atoms with E-state index in [1.165, 1.54) is 16.2 Å². The second-order valence-electron chi connectivity index (χ2n) is 8.85. The number of aromatic nitrogens is 1. The number of Topliss-reactive ketones (excluding diaryl/α,β-unsaturated/α-hetero) is 1. The quantitative estimate of drug-likeness (QED) is 0.171. The molecule has 6 rings (SSSR count). The highest BCUT2D eigenvalue weighted by molar-refractivity contribution is 7.22. The summed E-state index contributed by atoms with van der Waals surface area (Å²) in [6, 6.07) is 14.7. The lowest BCUT2D eigenvalue weighted by Gasteiger charge is -2.23. The summed E-state index contributed by atoms with van der Waals surface area (Å²) in [5.74, 6) is -0.987. The highest BCUT2D eigenvalue weighted by atomic mass is 35.5. The minimum Gasteiger partial charge on any atom is -0.507 e. The highest BCUT2D eigenvalue weighted by Crippen LogP contribution is 2.46. The predicted molar refractivity (Wildman–Crippen MR) is 148 cm³/mol. The van der Waals surface area contributed by atoms with Gasteiger partial charge in [-0.3, -0.25) is 14.5 Å². The molecule has 1 N–H and O–H groups in total. The maximum Gasteiger partial charge on any atom is 0.301 e. The Morgan fingerprint density at radius 1 is 1.03 bits per heavy atom. The molecule has 0 radical (unpaired) electrons. The van der Waals surface area contributed by atoms with E-state index in [2.05, 4.69) is 11.9 Å². The van der Waals surface area contributed by atoms with Crippen LogP contribution in [0.5, 0.6) is 11.5 Å². The van der Waals surface area contributed by atoms with Crippen LogP contribution in [0, 0.1) is 0 Å². The number of rotatable bonds is 4. The number of amides is 1. The van der Waals surface area contributed by atoms with Gasteiger partial charge < -0.3 is 14.6 Å². The van der Waals surface area contributed by atoms with E-state index in [1.54, 1.807) is 36.4 Å². The molecule has 1 fully saturated rings. The molecule has 0 aliphatic carbocycles. The van der Waals surface area contributed by atoms with Crippen molar-refractivity contribution in [1.29, 1.82) is 0 Å². The molecular weight excluding hydrogens is 547 g/mol. The molecular formula is C28H20Cl2N2O5S. The van der Waals surface area contributed by atoms with Crippen molar-refractivity contribution in [3.63, 3.8) is 0 Å². The lowest BCUT2D eigenvalue weighted by molar-refractivity contribution is -0.132. The van der Waals surface area contributed by atoms with Gasteiger partial charge in [-0.05, 0) is 60.0 Å². The number of anilines is 1. The van der Waals surface area contributed by atoms with Crippen LogP contribution in [0.25, 0.3) is 16.0 Å². The summed E-state index contributed by atoms with van der Waals surface area (Å²) in [7, 11) is 0. The van der Waals surface area contributed by atoms with Gasteiger partial charge in [0.1, 0.15) is 19.0 Å². The fourth-order valence-electron chi connectivity index (χ4n) is 4.65. The number of halogens is 2. The van der Waals surface area contributed by atoms with Crippen LogP contribution < -0.4 is 14.4 Å². The number of ketones is 1. The Hall–Kier alpha value is -3.59. The SMILES string of the molecule is CCc1ccc2nc(N3C(=O)C(=O)/C(=C(/O)c4ccc5c(c4)OCCO5)C3c3ccc(Cl)c(Cl)c3)sc2c1. The third-order valence-electron chi connectivity index (χ3n) is 6.58. The van der Waals surface area contributed by atoms with E-state index >= 15 is 0 Å². The van der Waals surface area contributed by atoms with Gasteiger partial charge in [0.25, 0.3) is 5.78 Å². The Bertz CT molecular complexity index is 1660. The number of aliphatic hydroxyl groups excluding tert-OH is 1. The average molecular weight is 567 g/mol. The van der Waals surface area contributed by atoms with Crippen molar-refractivity contribution >= 4 is 67.3 Å². The Labute approximate surface area is 231 Å². The Morgan fingerprint density at radius 2 is 1.82 bits per heavy atom. The molecule has 7 nitrogen and oxygen atoms in total. The van der Waals surface area contributed by atoms with Crippen LogP contribution in [0.4, 0.5) is 5.13 Å². The van der Waals surface area contributed by atoms with Crippen molar-refractivity contribution in [1.82, 2.24) is 4.98 Å². The first-order valence-electron chi connectivity index (χ1n) is 11.9. The summed E-state index contributed by atoms with van der Waals surface area (Å²) in [5.41, 5.74) is 2.58. The Morgan fingerprint density at radius 3 is 2.58 bits per heavy atom. The number of aryl methyl sites for hydroxylation is 1. The first-order chi connectivity index (χ1) is 18.4. The molecule has 0 bridgehead atoms. The van der Waals surface area contributed by atoms with Gasteiger partial charge in [-0.2, -0.15) is 0 Å². The normalized spacial score (nSPS) is 18.4. The number of nitrogens with zero attached hydrogens (tertiary/aromatic N) is 2. The molecule has 10 heteroatoms. The second-order valence-corrected chi connectivity index (χ2v) is 10.7. The summed E-state index contributed by atoms with van der Waals surface area (Å²) in [6.07, 6.45) is 0.854. The van der Waals surface area contributed by atoms with Crippen molar-refractivity contribution < 1.29 is 24.2 Å². The van der Waals surface area contributed by atoms with Gasteiger partial charge in [-0.1, -0.05) is 53.6 Å². The monoisotopic (exact) mass is 566 g/mol. The first kappa shape index (κ1) is 24.7. The van der Waals surface area contributed by atoms with Gasteiger partial charge >= 0.3 is 5.91 Å². The molecule has 1 atom stereocenters. The topological polar surface area (TPSA) is 89.0 Å². The van der Waals surface area contributed by atoms with Gasteiger partial charge in [0.2, 0.25) is 0 Å². The number of hydrogen-bond donors (Lipinski definition) is 1. The van der Waals surface area contributed by atoms with Crippen molar-refractivity contribution in [3.05, 3.63) is 86.9 Å². The molecule has 1 unspecified atom stereocenters. The molecule has 192 valence electrons. The van der Waals surface area contributed by atoms with Crippen molar-refractivity contribution in [2.75, 3.05) is 18.1 Å². The van der Waals surface area contributed by atoms with E-state index < -0.39 is 17.7 Å². The average Bonchev–Trinajstić information content (AvgIpc) is 3.47. The smallest absolute Gasteiger partial charge is 0.301 e. The molecule has 2 aliphatic rings. The van der Waals surface area contributed by atoms with Gasteiger partial charge in [-0.15, -0.1) is 0 Å².